The number of rotatable bonds is 3. The maximum atomic E-state index is 12.7. The molecule has 0 spiro atoms. The van der Waals surface area contributed by atoms with E-state index in [9.17, 15) is 4.79 Å². The molecule has 1 aromatic carbocycles. The van der Waals surface area contributed by atoms with Crippen LogP contribution in [0.4, 0.5) is 0 Å². The molecule has 1 amide bonds. The molecule has 120 valence electrons. The Morgan fingerprint density at radius 2 is 1.86 bits per heavy atom. The lowest BCUT2D eigenvalue weighted by Crippen LogP contribution is -2.41. The Balaban J connectivity index is 1.60. The summed E-state index contributed by atoms with van der Waals surface area (Å²) in [4.78, 5) is 14.7. The second-order valence-corrected chi connectivity index (χ2v) is 6.30. The van der Waals surface area contributed by atoms with Crippen LogP contribution in [0.25, 0.3) is 0 Å². The summed E-state index contributed by atoms with van der Waals surface area (Å²) in [5, 5.41) is 0. The van der Waals surface area contributed by atoms with Crippen molar-refractivity contribution in [3.8, 4) is 0 Å². The van der Waals surface area contributed by atoms with E-state index in [-0.39, 0.29) is 5.92 Å². The van der Waals surface area contributed by atoms with E-state index in [1.165, 1.54) is 5.56 Å². The Hall–Kier alpha value is -1.39. The molecule has 2 aliphatic rings. The zero-order chi connectivity index (χ0) is 15.2. The molecule has 2 heterocycles. The van der Waals surface area contributed by atoms with Crippen molar-refractivity contribution in [2.24, 2.45) is 11.8 Å². The largest absolute Gasteiger partial charge is 0.381 e. The van der Waals surface area contributed by atoms with Crippen LogP contribution < -0.4 is 0 Å². The zero-order valence-corrected chi connectivity index (χ0v) is 13.1. The smallest absolute Gasteiger partial charge is 0.225 e. The van der Waals surface area contributed by atoms with Gasteiger partial charge in [0.1, 0.15) is 0 Å². The van der Waals surface area contributed by atoms with Gasteiger partial charge in [0.2, 0.25) is 5.91 Å². The fourth-order valence-corrected chi connectivity index (χ4v) is 3.35. The Morgan fingerprint density at radius 3 is 2.64 bits per heavy atom. The molecule has 0 saturated carbocycles. The molecular weight excluding hydrogens is 278 g/mol. The molecular formula is C18H25NO3. The van der Waals surface area contributed by atoms with Crippen LogP contribution in [0.3, 0.4) is 0 Å². The van der Waals surface area contributed by atoms with E-state index in [4.69, 9.17) is 9.47 Å². The van der Waals surface area contributed by atoms with Gasteiger partial charge in [0.05, 0.1) is 13.2 Å². The first-order valence-electron chi connectivity index (χ1n) is 8.31. The van der Waals surface area contributed by atoms with Crippen LogP contribution in [0.15, 0.2) is 30.3 Å². The van der Waals surface area contributed by atoms with Crippen LogP contribution in [0.2, 0.25) is 0 Å². The quantitative estimate of drug-likeness (QED) is 0.858. The molecule has 22 heavy (non-hydrogen) atoms. The lowest BCUT2D eigenvalue weighted by atomic mass is 9.96. The van der Waals surface area contributed by atoms with Crippen molar-refractivity contribution in [1.29, 1.82) is 0 Å². The first-order valence-corrected chi connectivity index (χ1v) is 8.31. The highest BCUT2D eigenvalue weighted by atomic mass is 16.5. The van der Waals surface area contributed by atoms with Gasteiger partial charge in [-0.2, -0.15) is 0 Å². The molecule has 0 aliphatic carbocycles. The van der Waals surface area contributed by atoms with Crippen molar-refractivity contribution in [3.05, 3.63) is 35.9 Å². The van der Waals surface area contributed by atoms with Crippen LogP contribution in [0.1, 0.15) is 18.4 Å². The Bertz CT molecular complexity index is 470. The van der Waals surface area contributed by atoms with Gasteiger partial charge in [-0.15, -0.1) is 0 Å². The first-order chi connectivity index (χ1) is 10.8. The van der Waals surface area contributed by atoms with Crippen LogP contribution in [-0.2, 0) is 20.7 Å². The number of nitrogens with zero attached hydrogens (tertiary/aromatic N) is 1. The maximum Gasteiger partial charge on any atom is 0.225 e. The van der Waals surface area contributed by atoms with Crippen LogP contribution in [0.5, 0.6) is 0 Å². The molecule has 3 rings (SSSR count). The summed E-state index contributed by atoms with van der Waals surface area (Å²) in [7, 11) is 0. The van der Waals surface area contributed by atoms with E-state index < -0.39 is 0 Å². The van der Waals surface area contributed by atoms with Crippen molar-refractivity contribution in [2.45, 2.75) is 19.3 Å². The van der Waals surface area contributed by atoms with E-state index in [0.29, 0.717) is 31.6 Å². The van der Waals surface area contributed by atoms with E-state index in [1.54, 1.807) is 0 Å². The average Bonchev–Trinajstić information content (AvgIpc) is 2.81. The highest BCUT2D eigenvalue weighted by Crippen LogP contribution is 2.20. The topological polar surface area (TPSA) is 38.8 Å². The number of hydrogen-bond acceptors (Lipinski definition) is 3. The standard InChI is InChI=1S/C18H25NO3/c20-18(17-6-9-21-10-7-17)19-8-11-22-14-16(13-19)12-15-4-2-1-3-5-15/h1-5,16-17H,6-14H2/t16-/m1/s1. The second-order valence-electron chi connectivity index (χ2n) is 6.30. The molecule has 2 fully saturated rings. The lowest BCUT2D eigenvalue weighted by molar-refractivity contribution is -0.138. The maximum absolute atomic E-state index is 12.7. The summed E-state index contributed by atoms with van der Waals surface area (Å²) in [5.41, 5.74) is 1.32. The molecule has 4 heteroatoms. The Kier molecular flexibility index (Phi) is 5.46. The van der Waals surface area contributed by atoms with E-state index in [1.807, 2.05) is 11.0 Å². The average molecular weight is 303 g/mol. The van der Waals surface area contributed by atoms with Crippen molar-refractivity contribution >= 4 is 5.91 Å². The highest BCUT2D eigenvalue weighted by Gasteiger charge is 2.29. The summed E-state index contributed by atoms with van der Waals surface area (Å²) in [6.45, 7) is 4.36. The Morgan fingerprint density at radius 1 is 1.09 bits per heavy atom. The predicted octanol–water partition coefficient (Wildman–Crippen LogP) is 2.13. The Labute approximate surface area is 132 Å². The van der Waals surface area contributed by atoms with Gasteiger partial charge in [0, 0.05) is 38.1 Å². The molecule has 1 atom stereocenters. The monoisotopic (exact) mass is 303 g/mol. The van der Waals surface area contributed by atoms with E-state index in [2.05, 4.69) is 24.3 Å². The third kappa shape index (κ3) is 4.08. The van der Waals surface area contributed by atoms with Crippen LogP contribution >= 0.6 is 0 Å². The van der Waals surface area contributed by atoms with Gasteiger partial charge in [0.15, 0.2) is 0 Å². The third-order valence-electron chi connectivity index (χ3n) is 4.59. The zero-order valence-electron chi connectivity index (χ0n) is 13.1. The number of benzene rings is 1. The molecule has 0 bridgehead atoms. The number of hydrogen-bond donors (Lipinski definition) is 0. The summed E-state index contributed by atoms with van der Waals surface area (Å²) < 4.78 is 11.1. The minimum Gasteiger partial charge on any atom is -0.381 e. The summed E-state index contributed by atoms with van der Waals surface area (Å²) in [6.07, 6.45) is 2.69. The van der Waals surface area contributed by atoms with Gasteiger partial charge < -0.3 is 14.4 Å². The van der Waals surface area contributed by atoms with Crippen molar-refractivity contribution < 1.29 is 14.3 Å². The fourth-order valence-electron chi connectivity index (χ4n) is 3.35. The first kappa shape index (κ1) is 15.5. The number of carbonyl (C=O) groups is 1. The predicted molar refractivity (Wildman–Crippen MR) is 84.6 cm³/mol. The van der Waals surface area contributed by atoms with E-state index in [0.717, 1.165) is 39.0 Å². The van der Waals surface area contributed by atoms with Gasteiger partial charge in [-0.25, -0.2) is 0 Å². The molecule has 0 radical (unpaired) electrons. The highest BCUT2D eigenvalue weighted by molar-refractivity contribution is 5.79. The number of amides is 1. The molecule has 2 saturated heterocycles. The normalized spacial score (nSPS) is 24.0. The number of carbonyl (C=O) groups excluding carboxylic acids is 1. The van der Waals surface area contributed by atoms with Crippen molar-refractivity contribution in [1.82, 2.24) is 4.90 Å². The molecule has 1 aromatic rings. The molecule has 4 nitrogen and oxygen atoms in total. The third-order valence-corrected chi connectivity index (χ3v) is 4.59. The van der Waals surface area contributed by atoms with Gasteiger partial charge in [-0.3, -0.25) is 4.79 Å². The molecule has 2 aliphatic heterocycles. The van der Waals surface area contributed by atoms with Crippen LogP contribution in [-0.4, -0.2) is 50.3 Å². The molecule has 0 aromatic heterocycles. The lowest BCUT2D eigenvalue weighted by Gasteiger charge is -2.29. The fraction of sp³-hybridized carbons (Fsp3) is 0.611. The van der Waals surface area contributed by atoms with Crippen LogP contribution in [0, 0.1) is 11.8 Å². The van der Waals surface area contributed by atoms with Crippen molar-refractivity contribution in [2.75, 3.05) is 39.5 Å². The van der Waals surface area contributed by atoms with Crippen molar-refractivity contribution in [3.63, 3.8) is 0 Å². The van der Waals surface area contributed by atoms with Gasteiger partial charge >= 0.3 is 0 Å². The summed E-state index contributed by atoms with van der Waals surface area (Å²) in [6, 6.07) is 10.5. The minimum absolute atomic E-state index is 0.143. The number of ether oxygens (including phenoxy) is 2. The summed E-state index contributed by atoms with van der Waals surface area (Å²) >= 11 is 0. The summed E-state index contributed by atoms with van der Waals surface area (Å²) in [5.74, 6) is 0.824. The van der Waals surface area contributed by atoms with Gasteiger partial charge in [-0.05, 0) is 24.8 Å². The molecule has 0 unspecified atom stereocenters. The van der Waals surface area contributed by atoms with Gasteiger partial charge in [-0.1, -0.05) is 30.3 Å². The van der Waals surface area contributed by atoms with E-state index >= 15 is 0 Å². The second kappa shape index (κ2) is 7.75. The SMILES string of the molecule is O=C(C1CCOCC1)N1CCOC[C@H](Cc2ccccc2)C1. The molecule has 0 N–H and O–H groups in total. The minimum atomic E-state index is 0.143. The van der Waals surface area contributed by atoms with Gasteiger partial charge in [0.25, 0.3) is 0 Å².